The van der Waals surface area contributed by atoms with Crippen molar-refractivity contribution < 1.29 is 0 Å². The third-order valence-corrected chi connectivity index (χ3v) is 2.68. The van der Waals surface area contributed by atoms with Gasteiger partial charge in [0.25, 0.3) is 0 Å². The number of hydrazine groups is 1. The van der Waals surface area contributed by atoms with Crippen LogP contribution < -0.4 is 11.3 Å². The Morgan fingerprint density at radius 3 is 2.92 bits per heavy atom. The Kier molecular flexibility index (Phi) is 8.80. The first-order valence-corrected chi connectivity index (χ1v) is 5.48. The van der Waals surface area contributed by atoms with Gasteiger partial charge in [-0.3, -0.25) is 11.3 Å². The van der Waals surface area contributed by atoms with Gasteiger partial charge in [-0.25, -0.2) is 0 Å². The lowest BCUT2D eigenvalue weighted by Crippen LogP contribution is -2.36. The maximum Gasteiger partial charge on any atom is 0.0301 e. The summed E-state index contributed by atoms with van der Waals surface area (Å²) in [7, 11) is 0. The van der Waals surface area contributed by atoms with Gasteiger partial charge in [-0.1, -0.05) is 6.92 Å². The smallest absolute Gasteiger partial charge is 0.0301 e. The van der Waals surface area contributed by atoms with Crippen LogP contribution in [0.4, 0.5) is 0 Å². The number of hydrogen-bond acceptors (Lipinski definition) is 3. The number of nitrogens with two attached hydrogens (primary N) is 1. The number of nitrogens with one attached hydrogen (secondary N) is 1. The molecule has 0 radical (unpaired) electrons. The lowest BCUT2D eigenvalue weighted by atomic mass is 10.1. The third-order valence-electron chi connectivity index (χ3n) is 1.63. The molecule has 0 amide bonds. The molecule has 3 N–H and O–H groups in total. The number of unbranched alkanes of at least 4 members (excludes halogenated alkanes) is 1. The first-order valence-electron chi connectivity index (χ1n) is 4.32. The summed E-state index contributed by atoms with van der Waals surface area (Å²) >= 11 is 1.90. The highest BCUT2D eigenvalue weighted by atomic mass is 32.2. The summed E-state index contributed by atoms with van der Waals surface area (Å²) in [5.41, 5.74) is 2.81. The molecule has 12 heavy (non-hydrogen) atoms. The van der Waals surface area contributed by atoms with Crippen molar-refractivity contribution in [3.8, 4) is 12.3 Å². The highest BCUT2D eigenvalue weighted by Gasteiger charge is 2.04. The van der Waals surface area contributed by atoms with Crippen LogP contribution in [0.2, 0.25) is 0 Å². The molecule has 0 spiro atoms. The second-order valence-corrected chi connectivity index (χ2v) is 3.94. The van der Waals surface area contributed by atoms with Gasteiger partial charge in [-0.2, -0.15) is 11.8 Å². The van der Waals surface area contributed by atoms with Crippen molar-refractivity contribution in [2.75, 3.05) is 11.5 Å². The molecule has 70 valence electrons. The van der Waals surface area contributed by atoms with Crippen LogP contribution in [0.1, 0.15) is 26.2 Å². The molecule has 3 heteroatoms. The average molecular weight is 186 g/mol. The Balaban J connectivity index is 3.34. The van der Waals surface area contributed by atoms with Gasteiger partial charge in [-0.05, 0) is 18.6 Å². The molecule has 1 unspecified atom stereocenters. The molecule has 2 nitrogen and oxygen atoms in total. The largest absolute Gasteiger partial charge is 0.271 e. The topological polar surface area (TPSA) is 38.0 Å². The molecule has 0 saturated heterocycles. The Morgan fingerprint density at radius 1 is 1.67 bits per heavy atom. The zero-order valence-electron chi connectivity index (χ0n) is 7.68. The van der Waals surface area contributed by atoms with Crippen molar-refractivity contribution in [1.82, 2.24) is 5.43 Å². The summed E-state index contributed by atoms with van der Waals surface area (Å²) in [6, 6.07) is 0.420. The number of rotatable bonds is 7. The fourth-order valence-corrected chi connectivity index (χ4v) is 1.71. The van der Waals surface area contributed by atoms with E-state index in [-0.39, 0.29) is 0 Å². The standard InChI is InChI=1S/C9H18N2S/c1-3-5-6-7-9(11-10)8-12-4-2/h1,9,11H,4-8,10H2,2H3. The zero-order chi connectivity index (χ0) is 9.23. The summed E-state index contributed by atoms with van der Waals surface area (Å²) < 4.78 is 0. The van der Waals surface area contributed by atoms with Crippen molar-refractivity contribution >= 4 is 11.8 Å². The minimum Gasteiger partial charge on any atom is -0.271 e. The first-order chi connectivity index (χ1) is 5.85. The first kappa shape index (κ1) is 11.8. The van der Waals surface area contributed by atoms with Crippen LogP contribution in [0.5, 0.6) is 0 Å². The predicted molar refractivity (Wildman–Crippen MR) is 56.8 cm³/mol. The molecule has 0 aromatic rings. The van der Waals surface area contributed by atoms with Crippen molar-refractivity contribution in [3.05, 3.63) is 0 Å². The Bertz CT molecular complexity index is 131. The highest BCUT2D eigenvalue weighted by molar-refractivity contribution is 7.99. The Labute approximate surface area is 79.6 Å². The molecule has 1 atom stereocenters. The van der Waals surface area contributed by atoms with E-state index in [9.17, 15) is 0 Å². The molecule has 0 aliphatic rings. The van der Waals surface area contributed by atoms with Crippen LogP contribution in [-0.4, -0.2) is 17.5 Å². The summed E-state index contributed by atoms with van der Waals surface area (Å²) in [5.74, 6) is 10.2. The van der Waals surface area contributed by atoms with Gasteiger partial charge in [0, 0.05) is 18.2 Å². The van der Waals surface area contributed by atoms with Crippen molar-refractivity contribution in [3.63, 3.8) is 0 Å². The maximum atomic E-state index is 5.38. The number of hydrogen-bond donors (Lipinski definition) is 2. The van der Waals surface area contributed by atoms with Gasteiger partial charge in [0.15, 0.2) is 0 Å². The quantitative estimate of drug-likeness (QED) is 0.273. The van der Waals surface area contributed by atoms with Crippen molar-refractivity contribution in [1.29, 1.82) is 0 Å². The number of thioether (sulfide) groups is 1. The normalized spacial score (nSPS) is 12.4. The summed E-state index contributed by atoms with van der Waals surface area (Å²) in [5, 5.41) is 0. The van der Waals surface area contributed by atoms with E-state index in [1.54, 1.807) is 0 Å². The van der Waals surface area contributed by atoms with Gasteiger partial charge in [0.05, 0.1) is 0 Å². The molecule has 0 rings (SSSR count). The van der Waals surface area contributed by atoms with Crippen LogP contribution in [-0.2, 0) is 0 Å². The fourth-order valence-electron chi connectivity index (χ4n) is 0.925. The van der Waals surface area contributed by atoms with Gasteiger partial charge in [0.2, 0.25) is 0 Å². The molecular formula is C9H18N2S. The second kappa shape index (κ2) is 8.92. The van der Waals surface area contributed by atoms with Gasteiger partial charge >= 0.3 is 0 Å². The third kappa shape index (κ3) is 6.53. The van der Waals surface area contributed by atoms with E-state index in [4.69, 9.17) is 12.3 Å². The van der Waals surface area contributed by atoms with Crippen LogP contribution in [0.3, 0.4) is 0 Å². The van der Waals surface area contributed by atoms with Gasteiger partial charge in [-0.15, -0.1) is 12.3 Å². The Hall–Kier alpha value is -0.170. The van der Waals surface area contributed by atoms with E-state index in [2.05, 4.69) is 18.3 Å². The molecular weight excluding hydrogens is 168 g/mol. The lowest BCUT2D eigenvalue weighted by molar-refractivity contribution is 0.524. The van der Waals surface area contributed by atoms with E-state index in [0.717, 1.165) is 30.8 Å². The minimum absolute atomic E-state index is 0.420. The lowest BCUT2D eigenvalue weighted by Gasteiger charge is -2.13. The minimum atomic E-state index is 0.420. The number of terminal acetylenes is 1. The van der Waals surface area contributed by atoms with Crippen molar-refractivity contribution in [2.45, 2.75) is 32.2 Å². The van der Waals surface area contributed by atoms with E-state index in [0.29, 0.717) is 6.04 Å². The van der Waals surface area contributed by atoms with Crippen LogP contribution in [0, 0.1) is 12.3 Å². The molecule has 0 aromatic carbocycles. The van der Waals surface area contributed by atoms with Crippen LogP contribution in [0.25, 0.3) is 0 Å². The van der Waals surface area contributed by atoms with Crippen molar-refractivity contribution in [2.24, 2.45) is 5.84 Å². The summed E-state index contributed by atoms with van der Waals surface area (Å²) in [4.78, 5) is 0. The highest BCUT2D eigenvalue weighted by Crippen LogP contribution is 2.07. The molecule has 0 bridgehead atoms. The second-order valence-electron chi connectivity index (χ2n) is 2.62. The van der Waals surface area contributed by atoms with Crippen LogP contribution in [0.15, 0.2) is 0 Å². The monoisotopic (exact) mass is 186 g/mol. The molecule has 0 aliphatic carbocycles. The van der Waals surface area contributed by atoms with Gasteiger partial charge < -0.3 is 0 Å². The molecule has 0 aromatic heterocycles. The average Bonchev–Trinajstić information content (AvgIpc) is 2.11. The van der Waals surface area contributed by atoms with Gasteiger partial charge in [0.1, 0.15) is 0 Å². The van der Waals surface area contributed by atoms with E-state index in [1.165, 1.54) is 0 Å². The Morgan fingerprint density at radius 2 is 2.42 bits per heavy atom. The summed E-state index contributed by atoms with van der Waals surface area (Å²) in [6.45, 7) is 2.15. The predicted octanol–water partition coefficient (Wildman–Crippen LogP) is 1.37. The molecule has 0 heterocycles. The molecule has 0 fully saturated rings. The van der Waals surface area contributed by atoms with Crippen LogP contribution >= 0.6 is 11.8 Å². The van der Waals surface area contributed by atoms with E-state index in [1.807, 2.05) is 11.8 Å². The SMILES string of the molecule is C#CCCCC(CSCC)NN. The van der Waals surface area contributed by atoms with E-state index < -0.39 is 0 Å². The molecule has 0 saturated carbocycles. The zero-order valence-corrected chi connectivity index (χ0v) is 8.49. The fraction of sp³-hybridized carbons (Fsp3) is 0.778. The molecule has 0 aliphatic heterocycles. The van der Waals surface area contributed by atoms with E-state index >= 15 is 0 Å². The summed E-state index contributed by atoms with van der Waals surface area (Å²) in [6.07, 6.45) is 8.15. The maximum absolute atomic E-state index is 5.38.